The average Bonchev–Trinajstić information content (AvgIpc) is 2.46. The number of carbonyl (C=O) groups excluding carboxylic acids is 1. The summed E-state index contributed by atoms with van der Waals surface area (Å²) in [6.45, 7) is -0.227. The largest absolute Gasteiger partial charge is 0.486 e. The molecule has 104 valence electrons. The summed E-state index contributed by atoms with van der Waals surface area (Å²) in [6.07, 6.45) is -0.343. The van der Waals surface area contributed by atoms with Crippen LogP contribution in [0, 0.1) is 11.6 Å². The van der Waals surface area contributed by atoms with Gasteiger partial charge < -0.3 is 4.74 Å². The highest BCUT2D eigenvalue weighted by Gasteiger charge is 2.16. The maximum Gasteiger partial charge on any atom is 0.174 e. The first-order chi connectivity index (χ1) is 9.58. The Bertz CT molecular complexity index is 615. The SMILES string of the molecule is O=C(COc1ccccc1)Cc1c(F)ccc(Br)c1F. The molecule has 20 heavy (non-hydrogen) atoms. The summed E-state index contributed by atoms with van der Waals surface area (Å²) in [4.78, 5) is 11.7. The molecule has 2 aromatic carbocycles. The number of ether oxygens (including phenoxy) is 1. The Morgan fingerprint density at radius 3 is 2.50 bits per heavy atom. The molecule has 0 aliphatic carbocycles. The number of carbonyl (C=O) groups is 1. The molecule has 0 N–H and O–H groups in total. The Morgan fingerprint density at radius 2 is 1.80 bits per heavy atom. The summed E-state index contributed by atoms with van der Waals surface area (Å²) < 4.78 is 32.6. The topological polar surface area (TPSA) is 26.3 Å². The monoisotopic (exact) mass is 340 g/mol. The maximum absolute atomic E-state index is 13.7. The van der Waals surface area contributed by atoms with Crippen molar-refractivity contribution in [1.29, 1.82) is 0 Å². The second-order valence-corrected chi connectivity index (χ2v) is 4.99. The molecule has 0 aliphatic heterocycles. The molecule has 0 fully saturated rings. The highest BCUT2D eigenvalue weighted by atomic mass is 79.9. The molecule has 0 atom stereocenters. The van der Waals surface area contributed by atoms with E-state index in [2.05, 4.69) is 15.9 Å². The zero-order chi connectivity index (χ0) is 14.5. The number of para-hydroxylation sites is 1. The molecular formula is C15H11BrF2O2. The van der Waals surface area contributed by atoms with E-state index in [1.165, 1.54) is 6.07 Å². The molecule has 2 nitrogen and oxygen atoms in total. The highest BCUT2D eigenvalue weighted by molar-refractivity contribution is 9.10. The minimum absolute atomic E-state index is 0.130. The lowest BCUT2D eigenvalue weighted by Gasteiger charge is -2.07. The predicted molar refractivity (Wildman–Crippen MR) is 74.7 cm³/mol. The number of rotatable bonds is 5. The van der Waals surface area contributed by atoms with Crippen LogP contribution < -0.4 is 4.74 Å². The summed E-state index contributed by atoms with van der Waals surface area (Å²) in [6, 6.07) is 11.1. The molecule has 2 rings (SSSR count). The Labute approximate surface area is 123 Å². The zero-order valence-electron chi connectivity index (χ0n) is 10.4. The Balaban J connectivity index is 2.00. The molecule has 0 radical (unpaired) electrons. The van der Waals surface area contributed by atoms with Crippen molar-refractivity contribution < 1.29 is 18.3 Å². The van der Waals surface area contributed by atoms with Crippen LogP contribution in [0.5, 0.6) is 5.75 Å². The summed E-state index contributed by atoms with van der Waals surface area (Å²) in [5.41, 5.74) is -0.249. The van der Waals surface area contributed by atoms with E-state index in [0.29, 0.717) is 5.75 Å². The quantitative estimate of drug-likeness (QED) is 0.771. The number of ketones is 1. The molecule has 0 unspecified atom stereocenters. The van der Waals surface area contributed by atoms with E-state index >= 15 is 0 Å². The van der Waals surface area contributed by atoms with Gasteiger partial charge in [-0.05, 0) is 40.2 Å². The highest BCUT2D eigenvalue weighted by Crippen LogP contribution is 2.22. The van der Waals surface area contributed by atoms with Gasteiger partial charge in [-0.3, -0.25) is 4.79 Å². The van der Waals surface area contributed by atoms with Crippen molar-refractivity contribution in [3.05, 3.63) is 64.1 Å². The molecule has 0 saturated heterocycles. The Hall–Kier alpha value is -1.75. The van der Waals surface area contributed by atoms with Gasteiger partial charge in [-0.1, -0.05) is 18.2 Å². The van der Waals surface area contributed by atoms with Gasteiger partial charge in [0.15, 0.2) is 5.78 Å². The lowest BCUT2D eigenvalue weighted by atomic mass is 10.1. The molecule has 0 saturated carbocycles. The third-order valence-corrected chi connectivity index (χ3v) is 3.27. The van der Waals surface area contributed by atoms with Crippen LogP contribution in [0.25, 0.3) is 0 Å². The minimum atomic E-state index is -0.752. The summed E-state index contributed by atoms with van der Waals surface area (Å²) in [5, 5.41) is 0. The summed E-state index contributed by atoms with van der Waals surface area (Å²) >= 11 is 2.96. The van der Waals surface area contributed by atoms with Gasteiger partial charge in [0.05, 0.1) is 4.47 Å². The van der Waals surface area contributed by atoms with Crippen molar-refractivity contribution in [2.24, 2.45) is 0 Å². The number of halogens is 3. The van der Waals surface area contributed by atoms with Crippen LogP contribution in [-0.2, 0) is 11.2 Å². The predicted octanol–water partition coefficient (Wildman–Crippen LogP) is 3.92. The first-order valence-electron chi connectivity index (χ1n) is 5.90. The van der Waals surface area contributed by atoms with Crippen molar-refractivity contribution in [3.8, 4) is 5.75 Å². The third-order valence-electron chi connectivity index (χ3n) is 2.66. The molecule has 0 aliphatic rings. The van der Waals surface area contributed by atoms with Gasteiger partial charge in [0.2, 0.25) is 0 Å². The van der Waals surface area contributed by atoms with Crippen molar-refractivity contribution in [3.63, 3.8) is 0 Å². The molecule has 0 amide bonds. The lowest BCUT2D eigenvalue weighted by Crippen LogP contribution is -2.15. The molecule has 2 aromatic rings. The first-order valence-corrected chi connectivity index (χ1v) is 6.69. The number of Topliss-reactive ketones (excluding diaryl/α,β-unsaturated/α-hetero) is 1. The van der Waals surface area contributed by atoms with Gasteiger partial charge in [-0.25, -0.2) is 8.78 Å². The number of hydrogen-bond acceptors (Lipinski definition) is 2. The number of benzene rings is 2. The van der Waals surface area contributed by atoms with Crippen LogP contribution in [0.15, 0.2) is 46.9 Å². The van der Waals surface area contributed by atoms with E-state index in [9.17, 15) is 13.6 Å². The van der Waals surface area contributed by atoms with Crippen LogP contribution in [-0.4, -0.2) is 12.4 Å². The van der Waals surface area contributed by atoms with E-state index in [1.807, 2.05) is 6.07 Å². The van der Waals surface area contributed by atoms with Gasteiger partial charge in [0.1, 0.15) is 24.0 Å². The normalized spacial score (nSPS) is 10.3. The van der Waals surface area contributed by atoms with E-state index < -0.39 is 17.4 Å². The lowest BCUT2D eigenvalue weighted by molar-refractivity contribution is -0.120. The molecule has 0 bridgehead atoms. The first kappa shape index (κ1) is 14.7. The second kappa shape index (κ2) is 6.61. The standard InChI is InChI=1S/C15H11BrF2O2/c16-13-6-7-14(17)12(15(13)18)8-10(19)9-20-11-4-2-1-3-5-11/h1-7H,8-9H2. The fraction of sp³-hybridized carbons (Fsp3) is 0.133. The van der Waals surface area contributed by atoms with Gasteiger partial charge in [0.25, 0.3) is 0 Å². The van der Waals surface area contributed by atoms with Crippen molar-refractivity contribution in [2.45, 2.75) is 6.42 Å². The van der Waals surface area contributed by atoms with Crippen LogP contribution in [0.4, 0.5) is 8.78 Å². The van der Waals surface area contributed by atoms with Crippen LogP contribution in [0.2, 0.25) is 0 Å². The summed E-state index contributed by atoms with van der Waals surface area (Å²) in [5.74, 6) is -1.35. The molecule has 5 heteroatoms. The molecular weight excluding hydrogens is 330 g/mol. The van der Waals surface area contributed by atoms with Crippen molar-refractivity contribution in [2.75, 3.05) is 6.61 Å². The van der Waals surface area contributed by atoms with Crippen LogP contribution in [0.1, 0.15) is 5.56 Å². The molecule has 0 spiro atoms. The van der Waals surface area contributed by atoms with Gasteiger partial charge >= 0.3 is 0 Å². The van der Waals surface area contributed by atoms with Crippen molar-refractivity contribution >= 4 is 21.7 Å². The van der Waals surface area contributed by atoms with Gasteiger partial charge in [-0.2, -0.15) is 0 Å². The fourth-order valence-electron chi connectivity index (χ4n) is 1.66. The van der Waals surface area contributed by atoms with E-state index in [0.717, 1.165) is 6.07 Å². The van der Waals surface area contributed by atoms with E-state index in [-0.39, 0.29) is 23.1 Å². The second-order valence-electron chi connectivity index (χ2n) is 4.14. The third kappa shape index (κ3) is 3.63. The van der Waals surface area contributed by atoms with Gasteiger partial charge in [-0.15, -0.1) is 0 Å². The number of hydrogen-bond donors (Lipinski definition) is 0. The fourth-order valence-corrected chi connectivity index (χ4v) is 2.03. The van der Waals surface area contributed by atoms with Gasteiger partial charge in [0, 0.05) is 12.0 Å². The Morgan fingerprint density at radius 1 is 1.10 bits per heavy atom. The zero-order valence-corrected chi connectivity index (χ0v) is 12.0. The van der Waals surface area contributed by atoms with Crippen molar-refractivity contribution in [1.82, 2.24) is 0 Å². The Kier molecular flexibility index (Phi) is 4.84. The smallest absolute Gasteiger partial charge is 0.174 e. The minimum Gasteiger partial charge on any atom is -0.486 e. The average molecular weight is 341 g/mol. The molecule has 0 heterocycles. The maximum atomic E-state index is 13.7. The summed E-state index contributed by atoms with van der Waals surface area (Å²) in [7, 11) is 0. The van der Waals surface area contributed by atoms with E-state index in [4.69, 9.17) is 4.74 Å². The van der Waals surface area contributed by atoms with Crippen LogP contribution in [0.3, 0.4) is 0 Å². The molecule has 0 aromatic heterocycles. The van der Waals surface area contributed by atoms with Crippen LogP contribution >= 0.6 is 15.9 Å². The van der Waals surface area contributed by atoms with E-state index in [1.54, 1.807) is 24.3 Å².